The number of nitrogens with one attached hydrogen (secondary N) is 3. The molecule has 2 aromatic carbocycles. The van der Waals surface area contributed by atoms with Gasteiger partial charge < -0.3 is 25.4 Å². The van der Waals surface area contributed by atoms with Crippen molar-refractivity contribution in [3.63, 3.8) is 0 Å². The zero-order valence-corrected chi connectivity index (χ0v) is 30.1. The predicted molar refractivity (Wildman–Crippen MR) is 203 cm³/mol. The molecule has 13 heteroatoms. The van der Waals surface area contributed by atoms with Gasteiger partial charge in [0.05, 0.1) is 39.6 Å². The number of hydrogen-bond acceptors (Lipinski definition) is 8. The van der Waals surface area contributed by atoms with Crippen LogP contribution in [0.3, 0.4) is 0 Å². The second-order valence-corrected chi connectivity index (χ2v) is 15.8. The van der Waals surface area contributed by atoms with E-state index in [1.54, 1.807) is 29.0 Å². The van der Waals surface area contributed by atoms with Gasteiger partial charge in [-0.1, -0.05) is 0 Å². The van der Waals surface area contributed by atoms with E-state index in [1.165, 1.54) is 5.69 Å². The van der Waals surface area contributed by atoms with E-state index in [2.05, 4.69) is 53.5 Å². The van der Waals surface area contributed by atoms with Crippen LogP contribution in [0.15, 0.2) is 59.5 Å². The molecule has 1 unspecified atom stereocenters. The molecule has 3 saturated heterocycles. The number of piperazine rings is 1. The second-order valence-electron chi connectivity index (χ2n) is 15.8. The van der Waals surface area contributed by atoms with E-state index in [4.69, 9.17) is 4.98 Å². The van der Waals surface area contributed by atoms with E-state index >= 15 is 4.39 Å². The van der Waals surface area contributed by atoms with Gasteiger partial charge >= 0.3 is 5.69 Å². The van der Waals surface area contributed by atoms with E-state index in [0.717, 1.165) is 113 Å². The molecule has 1 spiro atoms. The van der Waals surface area contributed by atoms with E-state index in [-0.39, 0.29) is 28.9 Å². The Bertz CT molecular complexity index is 2290. The summed E-state index contributed by atoms with van der Waals surface area (Å²) in [6, 6.07) is 15.7. The smallest absolute Gasteiger partial charge is 0.329 e. The van der Waals surface area contributed by atoms with Gasteiger partial charge in [0.2, 0.25) is 0 Å². The highest BCUT2D eigenvalue weighted by Crippen LogP contribution is 2.50. The molecule has 0 radical (unpaired) electrons. The minimum atomic E-state index is -0.348. The largest absolute Gasteiger partial charge is 0.371 e. The van der Waals surface area contributed by atoms with Crippen molar-refractivity contribution in [1.29, 1.82) is 0 Å². The van der Waals surface area contributed by atoms with Crippen molar-refractivity contribution in [3.8, 4) is 22.8 Å². The van der Waals surface area contributed by atoms with E-state index < -0.39 is 0 Å². The summed E-state index contributed by atoms with van der Waals surface area (Å²) < 4.78 is 19.5. The second kappa shape index (κ2) is 12.6. The highest BCUT2D eigenvalue weighted by Gasteiger charge is 2.50. The van der Waals surface area contributed by atoms with Crippen molar-refractivity contribution in [2.45, 2.75) is 37.1 Å². The summed E-state index contributed by atoms with van der Waals surface area (Å²) in [5.74, 6) is 0.503. The summed E-state index contributed by atoms with van der Waals surface area (Å²) in [6.07, 6.45) is 5.88. The lowest BCUT2D eigenvalue weighted by Gasteiger charge is -2.45. The van der Waals surface area contributed by atoms with Crippen LogP contribution in [0.5, 0.6) is 0 Å². The SMILES string of the molecule is Cn1c(=O)n(C2CCCNC2)c2ccc(N3CC(CN4CCN(c5ccc(-c6nccc(-c7cc8c([nH]7)C7(CC7)CNC8=O)n6)c(F)c5)CC4)C3)cc21. The summed E-state index contributed by atoms with van der Waals surface area (Å²) in [5.41, 5.74) is 7.57. The molecule has 274 valence electrons. The highest BCUT2D eigenvalue weighted by molar-refractivity contribution is 5.98. The van der Waals surface area contributed by atoms with Crippen LogP contribution in [0, 0.1) is 11.7 Å². The minimum Gasteiger partial charge on any atom is -0.371 e. The molecule has 5 aliphatic rings. The third-order valence-electron chi connectivity index (χ3n) is 12.4. The predicted octanol–water partition coefficient (Wildman–Crippen LogP) is 3.89. The summed E-state index contributed by atoms with van der Waals surface area (Å²) in [5, 5.41) is 6.46. The van der Waals surface area contributed by atoms with Crippen molar-refractivity contribution in [2.75, 3.05) is 75.2 Å². The number of amides is 1. The molecule has 0 bridgehead atoms. The molecule has 5 aromatic rings. The minimum absolute atomic E-state index is 0.0174. The molecule has 3 aromatic heterocycles. The van der Waals surface area contributed by atoms with Gasteiger partial charge in [-0.25, -0.2) is 19.2 Å². The molecular weight excluding hydrogens is 672 g/mol. The fourth-order valence-corrected chi connectivity index (χ4v) is 9.13. The lowest BCUT2D eigenvalue weighted by molar-refractivity contribution is 0.0937. The van der Waals surface area contributed by atoms with Crippen LogP contribution >= 0.6 is 0 Å². The van der Waals surface area contributed by atoms with Crippen molar-refractivity contribution >= 4 is 28.3 Å². The first-order valence-corrected chi connectivity index (χ1v) is 19.1. The number of benzene rings is 2. The number of rotatable bonds is 7. The number of piperidine rings is 1. The average Bonchev–Trinajstić information content (AvgIpc) is 3.72. The Balaban J connectivity index is 0.753. The van der Waals surface area contributed by atoms with Gasteiger partial charge in [0.15, 0.2) is 5.82 Å². The van der Waals surface area contributed by atoms with Gasteiger partial charge in [0, 0.05) is 101 Å². The van der Waals surface area contributed by atoms with Crippen LogP contribution in [0.1, 0.15) is 47.8 Å². The number of carbonyl (C=O) groups is 1. The number of fused-ring (bicyclic) bond motifs is 3. The number of halogens is 1. The number of aromatic nitrogens is 5. The standard InChI is InChI=1S/C40H45FN10O2/c1-47-35-18-27(5-7-34(35)51(39(47)53)28-3-2-11-42-20-28)50-22-25(23-50)21-48-13-15-49(16-14-48)26-4-6-29(31(41)17-26)37-43-12-8-32(46-37)33-19-30-36(45-33)40(9-10-40)24-44-38(30)52/h4-8,12,17-19,25,28,42,45H,2-3,9-11,13-16,20-24H2,1H3,(H,44,52). The van der Waals surface area contributed by atoms with Gasteiger partial charge in [-0.2, -0.15) is 0 Å². The summed E-state index contributed by atoms with van der Waals surface area (Å²) in [4.78, 5) is 45.5. The first-order valence-electron chi connectivity index (χ1n) is 19.1. The Labute approximate surface area is 307 Å². The Kier molecular flexibility index (Phi) is 7.73. The van der Waals surface area contributed by atoms with E-state index in [1.807, 2.05) is 23.7 Å². The lowest BCUT2D eigenvalue weighted by Crippen LogP contribution is -2.55. The number of aromatic amines is 1. The van der Waals surface area contributed by atoms with Gasteiger partial charge in [-0.3, -0.25) is 18.8 Å². The molecule has 1 aliphatic carbocycles. The quantitative estimate of drug-likeness (QED) is 0.232. The number of carbonyl (C=O) groups excluding carboxylic acids is 1. The Morgan fingerprint density at radius 1 is 0.925 bits per heavy atom. The van der Waals surface area contributed by atoms with Gasteiger partial charge in [-0.15, -0.1) is 0 Å². The zero-order valence-electron chi connectivity index (χ0n) is 30.1. The fraction of sp³-hybridized carbons (Fsp3) is 0.450. The molecule has 3 N–H and O–H groups in total. The first kappa shape index (κ1) is 32.6. The van der Waals surface area contributed by atoms with Crippen molar-refractivity contribution in [1.82, 2.24) is 39.6 Å². The number of H-pyrrole nitrogens is 1. The number of imidazole rings is 1. The third kappa shape index (κ3) is 5.63. The molecule has 1 amide bonds. The van der Waals surface area contributed by atoms with Crippen molar-refractivity contribution in [3.05, 3.63) is 82.3 Å². The maximum absolute atomic E-state index is 15.7. The van der Waals surface area contributed by atoms with Crippen molar-refractivity contribution in [2.24, 2.45) is 13.0 Å². The molecule has 1 saturated carbocycles. The van der Waals surface area contributed by atoms with Crippen LogP contribution in [-0.2, 0) is 12.5 Å². The van der Waals surface area contributed by atoms with E-state index in [9.17, 15) is 9.59 Å². The average molecular weight is 717 g/mol. The summed E-state index contributed by atoms with van der Waals surface area (Å²) >= 11 is 0. The monoisotopic (exact) mass is 716 g/mol. The maximum Gasteiger partial charge on any atom is 0.329 e. The maximum atomic E-state index is 15.7. The summed E-state index contributed by atoms with van der Waals surface area (Å²) in [7, 11) is 1.89. The molecule has 1 atom stereocenters. The van der Waals surface area contributed by atoms with Crippen LogP contribution < -0.4 is 26.1 Å². The Hall–Kier alpha value is -5.01. The fourth-order valence-electron chi connectivity index (χ4n) is 9.13. The normalized spacial score (nSPS) is 21.5. The molecule has 12 nitrogen and oxygen atoms in total. The number of anilines is 2. The Morgan fingerprint density at radius 2 is 1.74 bits per heavy atom. The zero-order chi connectivity index (χ0) is 35.8. The lowest BCUT2D eigenvalue weighted by atomic mass is 9.95. The summed E-state index contributed by atoms with van der Waals surface area (Å²) in [6.45, 7) is 9.13. The van der Waals surface area contributed by atoms with Gasteiger partial charge in [-0.05, 0) is 80.8 Å². The molecule has 7 heterocycles. The molecule has 4 fully saturated rings. The molecule has 53 heavy (non-hydrogen) atoms. The van der Waals surface area contributed by atoms with Crippen LogP contribution in [0.4, 0.5) is 15.8 Å². The molecule has 10 rings (SSSR count). The van der Waals surface area contributed by atoms with E-state index in [0.29, 0.717) is 35.1 Å². The molecule has 4 aliphatic heterocycles. The van der Waals surface area contributed by atoms with Crippen LogP contribution in [0.25, 0.3) is 33.8 Å². The topological polar surface area (TPSA) is 119 Å². The Morgan fingerprint density at radius 3 is 2.51 bits per heavy atom. The van der Waals surface area contributed by atoms with Crippen molar-refractivity contribution < 1.29 is 9.18 Å². The third-order valence-corrected chi connectivity index (χ3v) is 12.4. The van der Waals surface area contributed by atoms with Gasteiger partial charge in [0.25, 0.3) is 5.91 Å². The highest BCUT2D eigenvalue weighted by atomic mass is 19.1. The number of hydrogen-bond donors (Lipinski definition) is 3. The number of nitrogens with zero attached hydrogens (tertiary/aromatic N) is 7. The van der Waals surface area contributed by atoms with Crippen LogP contribution in [-0.4, -0.2) is 100 Å². The number of aryl methyl sites for hydroxylation is 1. The van der Waals surface area contributed by atoms with Gasteiger partial charge in [0.1, 0.15) is 5.82 Å². The van der Waals surface area contributed by atoms with Crippen LogP contribution in [0.2, 0.25) is 0 Å². The molecular formula is C40H45FN10O2. The first-order chi connectivity index (χ1) is 25.8.